The van der Waals surface area contributed by atoms with Gasteiger partial charge >= 0.3 is 5.69 Å². The molecule has 0 radical (unpaired) electrons. The summed E-state index contributed by atoms with van der Waals surface area (Å²) in [6.45, 7) is -0.00766. The molecule has 18 heavy (non-hydrogen) atoms. The summed E-state index contributed by atoms with van der Waals surface area (Å²) in [6, 6.07) is 0. The standard InChI is InChI=1S/C9H10N6O3/c1-13-6-5(7(17)14(2)9(13)18)15-3-4(16)11-12-8(15)10-6/h3H2,1-2H3,(H,10,12)(H,11,16). The smallest absolute Gasteiger partial charge is 0.293 e. The molecular formula is C9H10N6O3. The number of hydrogen-bond acceptors (Lipinski definition) is 5. The molecule has 0 saturated heterocycles. The Morgan fingerprint density at radius 2 is 1.83 bits per heavy atom. The molecule has 0 fully saturated rings. The van der Waals surface area contributed by atoms with Gasteiger partial charge in [0.15, 0.2) is 11.2 Å². The lowest BCUT2D eigenvalue weighted by Gasteiger charge is -2.16. The average Bonchev–Trinajstić information content (AvgIpc) is 2.72. The lowest BCUT2D eigenvalue weighted by atomic mass is 10.4. The number of aryl methyl sites for hydroxylation is 1. The van der Waals surface area contributed by atoms with E-state index in [0.29, 0.717) is 5.95 Å². The monoisotopic (exact) mass is 250 g/mol. The zero-order valence-corrected chi connectivity index (χ0v) is 9.72. The normalized spacial score (nSPS) is 14.2. The van der Waals surface area contributed by atoms with Crippen molar-refractivity contribution in [2.75, 3.05) is 5.43 Å². The summed E-state index contributed by atoms with van der Waals surface area (Å²) in [6.07, 6.45) is 0. The SMILES string of the molecule is Cn1c(=O)c2c(nc3n2CC(=O)NN3)n(C)c1=O. The highest BCUT2D eigenvalue weighted by Gasteiger charge is 2.23. The van der Waals surface area contributed by atoms with E-state index in [1.165, 1.54) is 23.2 Å². The Morgan fingerprint density at radius 3 is 2.56 bits per heavy atom. The fourth-order valence-corrected chi connectivity index (χ4v) is 2.00. The van der Waals surface area contributed by atoms with Crippen molar-refractivity contribution in [2.24, 2.45) is 14.1 Å². The molecular weight excluding hydrogens is 240 g/mol. The van der Waals surface area contributed by atoms with Crippen molar-refractivity contribution >= 4 is 23.0 Å². The van der Waals surface area contributed by atoms with Gasteiger partial charge in [-0.2, -0.15) is 4.98 Å². The third-order valence-corrected chi connectivity index (χ3v) is 2.96. The topological polar surface area (TPSA) is 103 Å². The zero-order chi connectivity index (χ0) is 13.0. The molecule has 94 valence electrons. The molecule has 9 heteroatoms. The lowest BCUT2D eigenvalue weighted by Crippen LogP contribution is -2.40. The number of aromatic nitrogens is 4. The number of nitrogens with zero attached hydrogens (tertiary/aromatic N) is 4. The summed E-state index contributed by atoms with van der Waals surface area (Å²) in [5.74, 6) is 0.0561. The predicted octanol–water partition coefficient (Wildman–Crippen LogP) is -2.11. The summed E-state index contributed by atoms with van der Waals surface area (Å²) in [5.41, 5.74) is 4.54. The Labute approximate surface area is 99.6 Å². The van der Waals surface area contributed by atoms with Crippen molar-refractivity contribution in [1.29, 1.82) is 0 Å². The average molecular weight is 250 g/mol. The number of hydrogen-bond donors (Lipinski definition) is 2. The van der Waals surface area contributed by atoms with Gasteiger partial charge < -0.3 is 0 Å². The van der Waals surface area contributed by atoms with Crippen molar-refractivity contribution in [3.05, 3.63) is 20.8 Å². The van der Waals surface area contributed by atoms with Crippen LogP contribution in [-0.4, -0.2) is 24.6 Å². The van der Waals surface area contributed by atoms with Crippen LogP contribution in [0.2, 0.25) is 0 Å². The lowest BCUT2D eigenvalue weighted by molar-refractivity contribution is -0.121. The molecule has 0 unspecified atom stereocenters. The van der Waals surface area contributed by atoms with Crippen molar-refractivity contribution in [3.8, 4) is 0 Å². The van der Waals surface area contributed by atoms with Gasteiger partial charge in [-0.05, 0) is 0 Å². The molecule has 0 bridgehead atoms. The van der Waals surface area contributed by atoms with Crippen LogP contribution < -0.4 is 22.1 Å². The van der Waals surface area contributed by atoms with E-state index >= 15 is 0 Å². The van der Waals surface area contributed by atoms with Crippen LogP contribution in [0, 0.1) is 0 Å². The Morgan fingerprint density at radius 1 is 1.11 bits per heavy atom. The van der Waals surface area contributed by atoms with E-state index in [9.17, 15) is 14.4 Å². The quantitative estimate of drug-likeness (QED) is 0.557. The Bertz CT molecular complexity index is 795. The van der Waals surface area contributed by atoms with Crippen molar-refractivity contribution in [2.45, 2.75) is 6.54 Å². The van der Waals surface area contributed by atoms with Gasteiger partial charge in [0.25, 0.3) is 11.5 Å². The van der Waals surface area contributed by atoms with Crippen LogP contribution in [0.4, 0.5) is 5.95 Å². The summed E-state index contributed by atoms with van der Waals surface area (Å²) >= 11 is 0. The van der Waals surface area contributed by atoms with Crippen LogP contribution in [-0.2, 0) is 25.4 Å². The number of fused-ring (bicyclic) bond motifs is 3. The molecule has 0 aromatic carbocycles. The summed E-state index contributed by atoms with van der Waals surface area (Å²) in [4.78, 5) is 39.3. The molecule has 0 saturated carbocycles. The molecule has 3 heterocycles. The summed E-state index contributed by atoms with van der Waals surface area (Å²) < 4.78 is 3.72. The second-order valence-corrected chi connectivity index (χ2v) is 4.07. The van der Waals surface area contributed by atoms with Crippen LogP contribution in [0.3, 0.4) is 0 Å². The van der Waals surface area contributed by atoms with Gasteiger partial charge in [0, 0.05) is 14.1 Å². The van der Waals surface area contributed by atoms with E-state index in [1.807, 2.05) is 0 Å². The summed E-state index contributed by atoms with van der Waals surface area (Å²) in [7, 11) is 2.92. The van der Waals surface area contributed by atoms with Crippen LogP contribution in [0.15, 0.2) is 9.59 Å². The van der Waals surface area contributed by atoms with Gasteiger partial charge in [0.2, 0.25) is 5.95 Å². The highest BCUT2D eigenvalue weighted by molar-refractivity contribution is 5.84. The molecule has 3 rings (SSSR count). The number of anilines is 1. The highest BCUT2D eigenvalue weighted by atomic mass is 16.2. The Hall–Kier alpha value is -2.58. The number of amides is 1. The van der Waals surface area contributed by atoms with Gasteiger partial charge in [0.05, 0.1) is 0 Å². The molecule has 1 aliphatic rings. The third kappa shape index (κ3) is 1.15. The van der Waals surface area contributed by atoms with Gasteiger partial charge in [-0.1, -0.05) is 0 Å². The largest absolute Gasteiger partial charge is 0.332 e. The van der Waals surface area contributed by atoms with Gasteiger partial charge in [-0.15, -0.1) is 0 Å². The minimum Gasteiger partial charge on any atom is -0.293 e. The Balaban J connectivity index is 2.52. The Kier molecular flexibility index (Phi) is 1.89. The minimum atomic E-state index is -0.469. The van der Waals surface area contributed by atoms with E-state index in [0.717, 1.165) is 4.57 Å². The van der Waals surface area contributed by atoms with Crippen molar-refractivity contribution in [1.82, 2.24) is 24.1 Å². The molecule has 0 atom stereocenters. The van der Waals surface area contributed by atoms with Crippen LogP contribution in [0.1, 0.15) is 0 Å². The van der Waals surface area contributed by atoms with E-state index in [2.05, 4.69) is 15.8 Å². The van der Waals surface area contributed by atoms with E-state index in [-0.39, 0.29) is 23.6 Å². The number of carbonyl (C=O) groups is 1. The number of nitrogens with one attached hydrogen (secondary N) is 2. The zero-order valence-electron chi connectivity index (χ0n) is 9.72. The number of hydrazine groups is 1. The van der Waals surface area contributed by atoms with Crippen molar-refractivity contribution in [3.63, 3.8) is 0 Å². The van der Waals surface area contributed by atoms with Gasteiger partial charge in [0.1, 0.15) is 6.54 Å². The maximum absolute atomic E-state index is 12.1. The van der Waals surface area contributed by atoms with Gasteiger partial charge in [-0.25, -0.2) is 4.79 Å². The minimum absolute atomic E-state index is 0.00766. The second kappa shape index (κ2) is 3.22. The van der Waals surface area contributed by atoms with Crippen LogP contribution in [0.25, 0.3) is 11.2 Å². The van der Waals surface area contributed by atoms with E-state index in [1.54, 1.807) is 0 Å². The van der Waals surface area contributed by atoms with E-state index < -0.39 is 11.2 Å². The molecule has 9 nitrogen and oxygen atoms in total. The number of carbonyl (C=O) groups excluding carboxylic acids is 1. The third-order valence-electron chi connectivity index (χ3n) is 2.96. The molecule has 1 amide bonds. The maximum atomic E-state index is 12.1. The number of imidazole rings is 1. The predicted molar refractivity (Wildman–Crippen MR) is 62.0 cm³/mol. The summed E-state index contributed by atoms with van der Waals surface area (Å²) in [5, 5.41) is 0. The molecule has 2 aromatic rings. The first-order valence-electron chi connectivity index (χ1n) is 5.22. The van der Waals surface area contributed by atoms with Gasteiger partial charge in [-0.3, -0.25) is 34.1 Å². The second-order valence-electron chi connectivity index (χ2n) is 4.07. The maximum Gasteiger partial charge on any atom is 0.332 e. The van der Waals surface area contributed by atoms with Crippen LogP contribution in [0.5, 0.6) is 0 Å². The fraction of sp³-hybridized carbons (Fsp3) is 0.333. The first kappa shape index (κ1) is 10.6. The molecule has 0 spiro atoms. The van der Waals surface area contributed by atoms with Crippen LogP contribution >= 0.6 is 0 Å². The van der Waals surface area contributed by atoms with Crippen molar-refractivity contribution < 1.29 is 4.79 Å². The molecule has 2 N–H and O–H groups in total. The highest BCUT2D eigenvalue weighted by Crippen LogP contribution is 2.16. The first-order valence-corrected chi connectivity index (χ1v) is 5.22. The first-order chi connectivity index (χ1) is 8.50. The molecule has 0 aliphatic carbocycles. The molecule has 1 aliphatic heterocycles. The fourth-order valence-electron chi connectivity index (χ4n) is 2.00. The molecule has 2 aromatic heterocycles. The van der Waals surface area contributed by atoms with E-state index in [4.69, 9.17) is 0 Å². The number of rotatable bonds is 0.